The number of hydrogen-bond acceptors (Lipinski definition) is 3. The Morgan fingerprint density at radius 2 is 2.10 bits per heavy atom. The Morgan fingerprint density at radius 1 is 1.29 bits per heavy atom. The number of benzene rings is 1. The van der Waals surface area contributed by atoms with Crippen LogP contribution in [0.4, 0.5) is 5.69 Å². The molecule has 1 aromatic heterocycles. The molecule has 110 valence electrons. The second-order valence-electron chi connectivity index (χ2n) is 4.62. The number of nitrogens with zero attached hydrogens (tertiary/aromatic N) is 1. The molecule has 5 heteroatoms. The van der Waals surface area contributed by atoms with Crippen molar-refractivity contribution in [2.24, 2.45) is 0 Å². The van der Waals surface area contributed by atoms with Crippen LogP contribution in [0.25, 0.3) is 0 Å². The summed E-state index contributed by atoms with van der Waals surface area (Å²) in [6.45, 7) is 2.35. The Bertz CT molecular complexity index is 599. The Kier molecular flexibility index (Phi) is 5.58. The van der Waals surface area contributed by atoms with Crippen molar-refractivity contribution in [1.82, 2.24) is 4.98 Å². The first kappa shape index (κ1) is 15.3. The molecule has 1 heterocycles. The quantitative estimate of drug-likeness (QED) is 0.825. The Hall–Kier alpha value is -2.07. The van der Waals surface area contributed by atoms with Crippen molar-refractivity contribution in [3.63, 3.8) is 0 Å². The second kappa shape index (κ2) is 7.64. The third kappa shape index (κ3) is 5.08. The first-order chi connectivity index (χ1) is 10.1. The number of pyridine rings is 1. The highest BCUT2D eigenvalue weighted by Gasteiger charge is 2.04. The van der Waals surface area contributed by atoms with Gasteiger partial charge in [0.15, 0.2) is 0 Å². The van der Waals surface area contributed by atoms with E-state index >= 15 is 0 Å². The number of aryl methyl sites for hydroxylation is 1. The molecule has 0 aliphatic rings. The fourth-order valence-corrected chi connectivity index (χ4v) is 1.93. The second-order valence-corrected chi connectivity index (χ2v) is 5.03. The van der Waals surface area contributed by atoms with Gasteiger partial charge in [0.25, 0.3) is 0 Å². The molecule has 0 aliphatic heterocycles. The van der Waals surface area contributed by atoms with Crippen molar-refractivity contribution >= 4 is 23.2 Å². The van der Waals surface area contributed by atoms with Gasteiger partial charge in [0.05, 0.1) is 23.5 Å². The van der Waals surface area contributed by atoms with Crippen LogP contribution >= 0.6 is 11.6 Å². The highest BCUT2D eigenvalue weighted by Crippen LogP contribution is 2.23. The molecule has 21 heavy (non-hydrogen) atoms. The molecule has 0 fully saturated rings. The van der Waals surface area contributed by atoms with Gasteiger partial charge >= 0.3 is 0 Å². The third-order valence-corrected chi connectivity index (χ3v) is 3.15. The number of para-hydroxylation sites is 1. The zero-order valence-corrected chi connectivity index (χ0v) is 12.6. The number of aromatic nitrogens is 1. The minimum absolute atomic E-state index is 0.0524. The first-order valence-corrected chi connectivity index (χ1v) is 7.13. The predicted molar refractivity (Wildman–Crippen MR) is 83.8 cm³/mol. The molecule has 0 bridgehead atoms. The maximum Gasteiger partial charge on any atom is 0.224 e. The van der Waals surface area contributed by atoms with Crippen LogP contribution in [0, 0.1) is 6.92 Å². The third-order valence-electron chi connectivity index (χ3n) is 2.84. The van der Waals surface area contributed by atoms with Crippen molar-refractivity contribution in [2.45, 2.75) is 19.8 Å². The number of hydrogen-bond donors (Lipinski definition) is 1. The topological polar surface area (TPSA) is 51.2 Å². The summed E-state index contributed by atoms with van der Waals surface area (Å²) in [5.41, 5.74) is 1.62. The van der Waals surface area contributed by atoms with Crippen LogP contribution < -0.4 is 10.1 Å². The lowest BCUT2D eigenvalue weighted by molar-refractivity contribution is -0.116. The van der Waals surface area contributed by atoms with E-state index in [9.17, 15) is 4.79 Å². The van der Waals surface area contributed by atoms with Crippen LogP contribution in [0.15, 0.2) is 42.6 Å². The van der Waals surface area contributed by atoms with Gasteiger partial charge in [-0.2, -0.15) is 0 Å². The Labute approximate surface area is 129 Å². The minimum Gasteiger partial charge on any atom is -0.492 e. The van der Waals surface area contributed by atoms with E-state index in [-0.39, 0.29) is 5.91 Å². The molecule has 1 aromatic carbocycles. The molecular formula is C16H17ClN2O2. The highest BCUT2D eigenvalue weighted by atomic mass is 35.5. The molecule has 4 nitrogen and oxygen atoms in total. The summed E-state index contributed by atoms with van der Waals surface area (Å²) in [5.74, 6) is 0.589. The van der Waals surface area contributed by atoms with Crippen molar-refractivity contribution in [2.75, 3.05) is 11.9 Å². The summed E-state index contributed by atoms with van der Waals surface area (Å²) >= 11 is 5.97. The average molecular weight is 305 g/mol. The van der Waals surface area contributed by atoms with Crippen LogP contribution in [0.1, 0.15) is 18.5 Å². The van der Waals surface area contributed by atoms with Gasteiger partial charge in [-0.25, -0.2) is 0 Å². The maximum atomic E-state index is 11.8. The predicted octanol–water partition coefficient (Wildman–Crippen LogP) is 3.84. The monoisotopic (exact) mass is 304 g/mol. The van der Waals surface area contributed by atoms with Gasteiger partial charge < -0.3 is 10.1 Å². The van der Waals surface area contributed by atoms with E-state index in [1.165, 1.54) is 0 Å². The highest BCUT2D eigenvalue weighted by molar-refractivity contribution is 6.32. The number of halogens is 1. The Morgan fingerprint density at radius 3 is 2.81 bits per heavy atom. The molecule has 0 saturated carbocycles. The van der Waals surface area contributed by atoms with Crippen LogP contribution in [0.3, 0.4) is 0 Å². The molecule has 0 aliphatic carbocycles. The lowest BCUT2D eigenvalue weighted by atomic mass is 10.3. The van der Waals surface area contributed by atoms with Gasteiger partial charge in [-0.15, -0.1) is 0 Å². The number of ether oxygens (including phenoxy) is 1. The van der Waals surface area contributed by atoms with Crippen LogP contribution in [0.2, 0.25) is 5.02 Å². The molecule has 2 aromatic rings. The lowest BCUT2D eigenvalue weighted by Crippen LogP contribution is -2.13. The van der Waals surface area contributed by atoms with Gasteiger partial charge in [-0.1, -0.05) is 23.7 Å². The largest absolute Gasteiger partial charge is 0.492 e. The smallest absolute Gasteiger partial charge is 0.224 e. The van der Waals surface area contributed by atoms with Gasteiger partial charge in [-0.3, -0.25) is 9.78 Å². The molecule has 0 radical (unpaired) electrons. The van der Waals surface area contributed by atoms with E-state index in [2.05, 4.69) is 10.3 Å². The summed E-state index contributed by atoms with van der Waals surface area (Å²) < 4.78 is 5.53. The standard InChI is InChI=1S/C16H17ClN2O2/c1-12-8-9-13(11-18-12)19-16(20)7-4-10-21-15-6-3-2-5-14(15)17/h2-3,5-6,8-9,11H,4,7,10H2,1H3,(H,19,20). The minimum atomic E-state index is -0.0524. The number of nitrogens with one attached hydrogen (secondary N) is 1. The number of carbonyl (C=O) groups excluding carboxylic acids is 1. The van der Waals surface area contributed by atoms with Crippen LogP contribution in [-0.4, -0.2) is 17.5 Å². The van der Waals surface area contributed by atoms with Crippen molar-refractivity contribution in [1.29, 1.82) is 0 Å². The lowest BCUT2D eigenvalue weighted by Gasteiger charge is -2.08. The summed E-state index contributed by atoms with van der Waals surface area (Å²) in [6, 6.07) is 11.0. The number of amides is 1. The summed E-state index contributed by atoms with van der Waals surface area (Å²) in [5, 5.41) is 3.37. The molecule has 0 saturated heterocycles. The van der Waals surface area contributed by atoms with E-state index in [1.54, 1.807) is 18.3 Å². The van der Waals surface area contributed by atoms with Crippen LogP contribution in [0.5, 0.6) is 5.75 Å². The number of anilines is 1. The summed E-state index contributed by atoms with van der Waals surface area (Å²) in [7, 11) is 0. The fraction of sp³-hybridized carbons (Fsp3) is 0.250. The van der Waals surface area contributed by atoms with Crippen molar-refractivity contribution in [3.05, 3.63) is 53.3 Å². The molecule has 2 rings (SSSR count). The van der Waals surface area contributed by atoms with Gasteiger partial charge in [0.2, 0.25) is 5.91 Å². The summed E-state index contributed by atoms with van der Waals surface area (Å²) in [4.78, 5) is 15.9. The molecule has 0 unspecified atom stereocenters. The van der Waals surface area contributed by atoms with E-state index in [0.717, 1.165) is 5.69 Å². The molecule has 1 N–H and O–H groups in total. The van der Waals surface area contributed by atoms with Gasteiger partial charge in [0, 0.05) is 12.1 Å². The SMILES string of the molecule is Cc1ccc(NC(=O)CCCOc2ccccc2Cl)cn1. The first-order valence-electron chi connectivity index (χ1n) is 6.75. The molecular weight excluding hydrogens is 288 g/mol. The fourth-order valence-electron chi connectivity index (χ4n) is 1.74. The van der Waals surface area contributed by atoms with Gasteiger partial charge in [-0.05, 0) is 37.6 Å². The van der Waals surface area contributed by atoms with E-state index in [4.69, 9.17) is 16.3 Å². The van der Waals surface area contributed by atoms with E-state index in [0.29, 0.717) is 35.9 Å². The summed E-state index contributed by atoms with van der Waals surface area (Å²) in [6.07, 6.45) is 2.65. The zero-order valence-electron chi connectivity index (χ0n) is 11.8. The normalized spacial score (nSPS) is 10.2. The van der Waals surface area contributed by atoms with E-state index in [1.807, 2.05) is 31.2 Å². The van der Waals surface area contributed by atoms with Crippen molar-refractivity contribution < 1.29 is 9.53 Å². The number of carbonyl (C=O) groups is 1. The average Bonchev–Trinajstić information content (AvgIpc) is 2.48. The molecule has 1 amide bonds. The number of rotatable bonds is 6. The van der Waals surface area contributed by atoms with Crippen molar-refractivity contribution in [3.8, 4) is 5.75 Å². The molecule has 0 spiro atoms. The molecule has 0 atom stereocenters. The zero-order chi connectivity index (χ0) is 15.1. The maximum absolute atomic E-state index is 11.8. The van der Waals surface area contributed by atoms with Gasteiger partial charge in [0.1, 0.15) is 5.75 Å². The van der Waals surface area contributed by atoms with E-state index < -0.39 is 0 Å². The van der Waals surface area contributed by atoms with Crippen LogP contribution in [-0.2, 0) is 4.79 Å². The Balaban J connectivity index is 1.70.